The second-order valence-corrected chi connectivity index (χ2v) is 6.58. The molecule has 0 bridgehead atoms. The van der Waals surface area contributed by atoms with Crippen LogP contribution in [0.25, 0.3) is 0 Å². The van der Waals surface area contributed by atoms with Crippen LogP contribution >= 0.6 is 0 Å². The third-order valence-electron chi connectivity index (χ3n) is 2.73. The van der Waals surface area contributed by atoms with Crippen LogP contribution in [0, 0.1) is 0 Å². The molecule has 15 heavy (non-hydrogen) atoms. The second kappa shape index (κ2) is 4.07. The van der Waals surface area contributed by atoms with Crippen molar-refractivity contribution >= 4 is 15.9 Å². The molecular formula is C8H17N3O3S. The van der Waals surface area contributed by atoms with Crippen LogP contribution in [-0.4, -0.2) is 36.5 Å². The van der Waals surface area contributed by atoms with E-state index in [1.165, 1.54) is 18.2 Å². The van der Waals surface area contributed by atoms with E-state index < -0.39 is 20.7 Å². The molecule has 3 N–H and O–H groups in total. The molecule has 1 amide bonds. The SMILES string of the molecule is CC(C)(C(=O)NN)S(=O)(=O)N1CCCC1. The van der Waals surface area contributed by atoms with E-state index in [0.717, 1.165) is 12.8 Å². The number of hydrogen-bond donors (Lipinski definition) is 2. The molecule has 0 aromatic carbocycles. The first-order valence-corrected chi connectivity index (χ1v) is 6.29. The van der Waals surface area contributed by atoms with Crippen LogP contribution in [0.4, 0.5) is 0 Å². The van der Waals surface area contributed by atoms with E-state index >= 15 is 0 Å². The molecule has 0 aromatic heterocycles. The van der Waals surface area contributed by atoms with Crippen LogP contribution in [0.15, 0.2) is 0 Å². The van der Waals surface area contributed by atoms with Crippen molar-refractivity contribution in [2.45, 2.75) is 31.4 Å². The van der Waals surface area contributed by atoms with Crippen molar-refractivity contribution < 1.29 is 13.2 Å². The third-order valence-corrected chi connectivity index (χ3v) is 5.25. The minimum atomic E-state index is -3.61. The van der Waals surface area contributed by atoms with E-state index in [-0.39, 0.29) is 0 Å². The van der Waals surface area contributed by atoms with Crippen molar-refractivity contribution in [1.29, 1.82) is 0 Å². The summed E-state index contributed by atoms with van der Waals surface area (Å²) in [5.74, 6) is 4.29. The Kier molecular flexibility index (Phi) is 3.37. The number of nitrogens with one attached hydrogen (secondary N) is 1. The van der Waals surface area contributed by atoms with Gasteiger partial charge in [0.05, 0.1) is 0 Å². The molecule has 1 fully saturated rings. The highest BCUT2D eigenvalue weighted by atomic mass is 32.2. The Morgan fingerprint density at radius 3 is 2.20 bits per heavy atom. The molecule has 6 nitrogen and oxygen atoms in total. The van der Waals surface area contributed by atoms with E-state index in [2.05, 4.69) is 0 Å². The summed E-state index contributed by atoms with van der Waals surface area (Å²) in [6, 6.07) is 0. The Labute approximate surface area is 89.8 Å². The van der Waals surface area contributed by atoms with Crippen LogP contribution in [0.3, 0.4) is 0 Å². The van der Waals surface area contributed by atoms with Gasteiger partial charge in [-0.05, 0) is 26.7 Å². The third kappa shape index (κ3) is 1.99. The van der Waals surface area contributed by atoms with Crippen molar-refractivity contribution in [2.24, 2.45) is 5.84 Å². The molecule has 0 saturated carbocycles. The molecule has 0 atom stereocenters. The summed E-state index contributed by atoms with van der Waals surface area (Å²) < 4.78 is 24.0. The zero-order valence-corrected chi connectivity index (χ0v) is 9.80. The smallest absolute Gasteiger partial charge is 0.256 e. The fraction of sp³-hybridized carbons (Fsp3) is 0.875. The first-order chi connectivity index (χ1) is 6.84. The number of amides is 1. The van der Waals surface area contributed by atoms with Crippen LogP contribution in [0.1, 0.15) is 26.7 Å². The fourth-order valence-electron chi connectivity index (χ4n) is 1.54. The molecule has 0 spiro atoms. The van der Waals surface area contributed by atoms with E-state index in [4.69, 9.17) is 5.84 Å². The summed E-state index contributed by atoms with van der Waals surface area (Å²) in [4.78, 5) is 11.4. The van der Waals surface area contributed by atoms with E-state index in [1.807, 2.05) is 5.43 Å². The Bertz CT molecular complexity index is 344. The van der Waals surface area contributed by atoms with Crippen LogP contribution in [0.2, 0.25) is 0 Å². The Morgan fingerprint density at radius 1 is 1.33 bits per heavy atom. The first kappa shape index (κ1) is 12.4. The van der Waals surface area contributed by atoms with Gasteiger partial charge in [-0.3, -0.25) is 10.2 Å². The molecule has 88 valence electrons. The average molecular weight is 235 g/mol. The monoisotopic (exact) mass is 235 g/mol. The highest BCUT2D eigenvalue weighted by Crippen LogP contribution is 2.24. The lowest BCUT2D eigenvalue weighted by molar-refractivity contribution is -0.123. The quantitative estimate of drug-likeness (QED) is 0.380. The van der Waals surface area contributed by atoms with Crippen LogP contribution in [0.5, 0.6) is 0 Å². The number of rotatable bonds is 3. The lowest BCUT2D eigenvalue weighted by atomic mass is 10.2. The molecule has 1 heterocycles. The number of nitrogens with two attached hydrogens (primary N) is 1. The summed E-state index contributed by atoms with van der Waals surface area (Å²) in [5.41, 5.74) is 1.89. The minimum absolute atomic E-state index is 0.490. The molecule has 0 radical (unpaired) electrons. The number of hydrogen-bond acceptors (Lipinski definition) is 4. The van der Waals surface area contributed by atoms with Gasteiger partial charge >= 0.3 is 0 Å². The van der Waals surface area contributed by atoms with Gasteiger partial charge in [0.15, 0.2) is 4.75 Å². The van der Waals surface area contributed by atoms with Gasteiger partial charge in [-0.1, -0.05) is 0 Å². The van der Waals surface area contributed by atoms with Gasteiger partial charge in [0, 0.05) is 13.1 Å². The molecule has 0 aliphatic carbocycles. The molecular weight excluding hydrogens is 218 g/mol. The van der Waals surface area contributed by atoms with E-state index in [9.17, 15) is 13.2 Å². The van der Waals surface area contributed by atoms with Gasteiger partial charge in [0.25, 0.3) is 5.91 Å². The fourth-order valence-corrected chi connectivity index (χ4v) is 3.22. The average Bonchev–Trinajstić information content (AvgIpc) is 2.69. The highest BCUT2D eigenvalue weighted by Gasteiger charge is 2.45. The van der Waals surface area contributed by atoms with Crippen molar-refractivity contribution in [2.75, 3.05) is 13.1 Å². The normalized spacial score (nSPS) is 19.1. The zero-order valence-electron chi connectivity index (χ0n) is 8.99. The van der Waals surface area contributed by atoms with Gasteiger partial charge in [0.1, 0.15) is 0 Å². The Balaban J connectivity index is 2.98. The summed E-state index contributed by atoms with van der Waals surface area (Å²) in [7, 11) is -3.61. The minimum Gasteiger partial charge on any atom is -0.293 e. The predicted octanol–water partition coefficient (Wildman–Crippen LogP) is -0.819. The summed E-state index contributed by atoms with van der Waals surface area (Å²) in [6.45, 7) is 3.71. The highest BCUT2D eigenvalue weighted by molar-refractivity contribution is 7.91. The van der Waals surface area contributed by atoms with Crippen LogP contribution in [-0.2, 0) is 14.8 Å². The zero-order chi connectivity index (χ0) is 11.7. The lowest BCUT2D eigenvalue weighted by Gasteiger charge is -2.28. The van der Waals surface area contributed by atoms with Gasteiger partial charge in [0.2, 0.25) is 10.0 Å². The van der Waals surface area contributed by atoms with Gasteiger partial charge in [-0.25, -0.2) is 18.6 Å². The lowest BCUT2D eigenvalue weighted by Crippen LogP contribution is -2.54. The van der Waals surface area contributed by atoms with E-state index in [1.54, 1.807) is 0 Å². The summed E-state index contributed by atoms with van der Waals surface area (Å²) in [6.07, 6.45) is 1.69. The maximum absolute atomic E-state index is 12.1. The van der Waals surface area contributed by atoms with Crippen molar-refractivity contribution in [3.63, 3.8) is 0 Å². The van der Waals surface area contributed by atoms with E-state index in [0.29, 0.717) is 13.1 Å². The molecule has 1 aliphatic rings. The molecule has 0 unspecified atom stereocenters. The van der Waals surface area contributed by atoms with Gasteiger partial charge in [-0.15, -0.1) is 0 Å². The molecule has 1 rings (SSSR count). The number of sulfonamides is 1. The topological polar surface area (TPSA) is 92.5 Å². The van der Waals surface area contributed by atoms with Crippen molar-refractivity contribution in [1.82, 2.24) is 9.73 Å². The van der Waals surface area contributed by atoms with Crippen molar-refractivity contribution in [3.05, 3.63) is 0 Å². The summed E-state index contributed by atoms with van der Waals surface area (Å²) >= 11 is 0. The molecule has 1 saturated heterocycles. The maximum atomic E-state index is 12.1. The maximum Gasteiger partial charge on any atom is 0.256 e. The standard InChI is InChI=1S/C8H17N3O3S/c1-8(2,7(12)10-9)15(13,14)11-5-3-4-6-11/h3-6,9H2,1-2H3,(H,10,12). The van der Waals surface area contributed by atoms with Crippen LogP contribution < -0.4 is 11.3 Å². The molecule has 1 aliphatic heterocycles. The first-order valence-electron chi connectivity index (χ1n) is 4.85. The van der Waals surface area contributed by atoms with Crippen molar-refractivity contribution in [3.8, 4) is 0 Å². The van der Waals surface area contributed by atoms with Gasteiger partial charge in [-0.2, -0.15) is 0 Å². The Hall–Kier alpha value is -0.660. The largest absolute Gasteiger partial charge is 0.293 e. The summed E-state index contributed by atoms with van der Waals surface area (Å²) in [5, 5.41) is 0. The second-order valence-electron chi connectivity index (χ2n) is 4.09. The molecule has 7 heteroatoms. The number of carbonyl (C=O) groups excluding carboxylic acids is 1. The number of hydrazine groups is 1. The number of nitrogens with zero attached hydrogens (tertiary/aromatic N) is 1. The Morgan fingerprint density at radius 2 is 1.80 bits per heavy atom. The molecule has 0 aromatic rings. The predicted molar refractivity (Wildman–Crippen MR) is 56.1 cm³/mol. The number of carbonyl (C=O) groups is 1. The van der Waals surface area contributed by atoms with Gasteiger partial charge < -0.3 is 0 Å².